The van der Waals surface area contributed by atoms with Crippen molar-refractivity contribution >= 4 is 17.2 Å². The molecule has 2 heterocycles. The summed E-state index contributed by atoms with van der Waals surface area (Å²) in [6, 6.07) is 18.6. The Morgan fingerprint density at radius 1 is 0.935 bits per heavy atom. The molecular formula is C23H18FN3O3S. The summed E-state index contributed by atoms with van der Waals surface area (Å²) in [4.78, 5) is 43.6. The van der Waals surface area contributed by atoms with Gasteiger partial charge in [-0.2, -0.15) is 0 Å². The molecule has 2 aromatic heterocycles. The Bertz CT molecular complexity index is 1280. The van der Waals surface area contributed by atoms with E-state index in [9.17, 15) is 18.8 Å². The number of amides is 1. The van der Waals surface area contributed by atoms with Gasteiger partial charge in [-0.3, -0.25) is 14.6 Å². The molecule has 6 nitrogen and oxygen atoms in total. The lowest BCUT2D eigenvalue weighted by Gasteiger charge is -2.23. The Morgan fingerprint density at radius 3 is 2.39 bits per heavy atom. The first-order chi connectivity index (χ1) is 15.0. The smallest absolute Gasteiger partial charge is 0.326 e. The molecule has 1 amide bonds. The third kappa shape index (κ3) is 4.87. The first-order valence-corrected chi connectivity index (χ1v) is 10.4. The summed E-state index contributed by atoms with van der Waals surface area (Å²) in [5.41, 5.74) is 1.19. The van der Waals surface area contributed by atoms with Gasteiger partial charge in [-0.25, -0.2) is 9.18 Å². The van der Waals surface area contributed by atoms with Gasteiger partial charge in [0.05, 0.1) is 6.54 Å². The number of carbonyl (C=O) groups excluding carboxylic acids is 1. The molecule has 31 heavy (non-hydrogen) atoms. The molecule has 0 saturated carbocycles. The summed E-state index contributed by atoms with van der Waals surface area (Å²) in [7, 11) is 0. The Balaban J connectivity index is 1.69. The molecule has 0 aliphatic heterocycles. The first kappa shape index (κ1) is 20.5. The Hall–Kier alpha value is -3.78. The molecular weight excluding hydrogens is 417 g/mol. The number of carbonyl (C=O) groups is 1. The number of thiophene rings is 1. The van der Waals surface area contributed by atoms with Gasteiger partial charge in [0.2, 0.25) is 0 Å². The summed E-state index contributed by atoms with van der Waals surface area (Å²) < 4.78 is 13.3. The van der Waals surface area contributed by atoms with Crippen LogP contribution in [-0.4, -0.2) is 20.8 Å². The van der Waals surface area contributed by atoms with Crippen LogP contribution < -0.4 is 11.2 Å². The van der Waals surface area contributed by atoms with Crippen molar-refractivity contribution in [2.75, 3.05) is 0 Å². The first-order valence-electron chi connectivity index (χ1n) is 9.49. The number of aromatic nitrogens is 2. The number of nitrogens with one attached hydrogen (secondary N) is 2. The monoisotopic (exact) mass is 435 g/mol. The van der Waals surface area contributed by atoms with Crippen LogP contribution in [0.15, 0.2) is 81.7 Å². The molecule has 4 rings (SSSR count). The van der Waals surface area contributed by atoms with Crippen molar-refractivity contribution in [2.24, 2.45) is 0 Å². The Labute approximate surface area is 180 Å². The minimum absolute atomic E-state index is 0.0791. The van der Waals surface area contributed by atoms with E-state index in [1.807, 2.05) is 41.8 Å². The molecule has 0 saturated heterocycles. The van der Waals surface area contributed by atoms with Crippen LogP contribution in [0, 0.1) is 5.82 Å². The highest BCUT2D eigenvalue weighted by molar-refractivity contribution is 7.10. The van der Waals surface area contributed by atoms with E-state index in [1.54, 1.807) is 17.0 Å². The van der Waals surface area contributed by atoms with Crippen molar-refractivity contribution in [2.45, 2.75) is 13.1 Å². The van der Waals surface area contributed by atoms with Crippen LogP contribution >= 0.6 is 11.3 Å². The largest absolute Gasteiger partial charge is 0.328 e. The molecule has 0 radical (unpaired) electrons. The van der Waals surface area contributed by atoms with Gasteiger partial charge in [0.25, 0.3) is 11.5 Å². The number of H-pyrrole nitrogens is 2. The van der Waals surface area contributed by atoms with Crippen LogP contribution in [0.5, 0.6) is 0 Å². The number of benzene rings is 2. The van der Waals surface area contributed by atoms with E-state index in [0.717, 1.165) is 27.6 Å². The van der Waals surface area contributed by atoms with Gasteiger partial charge in [-0.15, -0.1) is 11.3 Å². The highest BCUT2D eigenvalue weighted by Gasteiger charge is 2.20. The molecule has 0 bridgehead atoms. The number of hydrogen-bond acceptors (Lipinski definition) is 4. The molecule has 0 fully saturated rings. The summed E-state index contributed by atoms with van der Waals surface area (Å²) in [5.74, 6) is -0.787. The number of hydrogen-bond donors (Lipinski definition) is 2. The molecule has 0 unspecified atom stereocenters. The third-order valence-electron chi connectivity index (χ3n) is 4.73. The van der Waals surface area contributed by atoms with Gasteiger partial charge in [0.15, 0.2) is 0 Å². The van der Waals surface area contributed by atoms with Gasteiger partial charge in [0, 0.05) is 17.5 Å². The predicted molar refractivity (Wildman–Crippen MR) is 117 cm³/mol. The van der Waals surface area contributed by atoms with Gasteiger partial charge in [0.1, 0.15) is 11.5 Å². The van der Waals surface area contributed by atoms with E-state index >= 15 is 0 Å². The van der Waals surface area contributed by atoms with E-state index in [4.69, 9.17) is 0 Å². The number of nitrogens with zero attached hydrogens (tertiary/aromatic N) is 1. The van der Waals surface area contributed by atoms with E-state index in [-0.39, 0.29) is 24.6 Å². The van der Waals surface area contributed by atoms with Crippen LogP contribution in [-0.2, 0) is 13.1 Å². The Morgan fingerprint density at radius 2 is 1.68 bits per heavy atom. The number of halogens is 1. The highest BCUT2D eigenvalue weighted by Crippen LogP contribution is 2.30. The Kier molecular flexibility index (Phi) is 5.90. The molecule has 0 spiro atoms. The van der Waals surface area contributed by atoms with Crippen molar-refractivity contribution in [3.05, 3.63) is 115 Å². The van der Waals surface area contributed by atoms with Gasteiger partial charge >= 0.3 is 5.69 Å². The quantitative estimate of drug-likeness (QED) is 0.483. The molecule has 0 atom stereocenters. The molecule has 156 valence electrons. The standard InChI is InChI=1S/C23H18FN3O3S/c24-17-8-6-16(7-9-17)18-10-11-31-20(18)14-27(13-15-4-2-1-3-5-15)22(29)19-12-21(28)26-23(30)25-19/h1-12H,13-14H2,(H2,25,26,28,30). The highest BCUT2D eigenvalue weighted by atomic mass is 32.1. The number of aromatic amines is 2. The molecule has 0 aliphatic carbocycles. The maximum atomic E-state index is 13.3. The van der Waals surface area contributed by atoms with E-state index in [2.05, 4.69) is 9.97 Å². The van der Waals surface area contributed by atoms with Gasteiger partial charge < -0.3 is 9.88 Å². The maximum Gasteiger partial charge on any atom is 0.326 e. The van der Waals surface area contributed by atoms with Gasteiger partial charge in [-0.05, 0) is 40.3 Å². The van der Waals surface area contributed by atoms with Crippen molar-refractivity contribution in [3.8, 4) is 11.1 Å². The summed E-state index contributed by atoms with van der Waals surface area (Å²) in [6.45, 7) is 0.544. The second-order valence-corrected chi connectivity index (χ2v) is 7.91. The minimum atomic E-state index is -0.737. The van der Waals surface area contributed by atoms with Crippen LogP contribution in [0.3, 0.4) is 0 Å². The fourth-order valence-corrected chi connectivity index (χ4v) is 4.19. The third-order valence-corrected chi connectivity index (χ3v) is 5.64. The maximum absolute atomic E-state index is 13.3. The molecule has 2 N–H and O–H groups in total. The normalized spacial score (nSPS) is 10.7. The van der Waals surface area contributed by atoms with Crippen molar-refractivity contribution in [3.63, 3.8) is 0 Å². The average Bonchev–Trinajstić information content (AvgIpc) is 3.21. The number of rotatable bonds is 6. The van der Waals surface area contributed by atoms with Crippen LogP contribution in [0.1, 0.15) is 20.9 Å². The zero-order chi connectivity index (χ0) is 21.8. The van der Waals surface area contributed by atoms with Crippen molar-refractivity contribution in [1.29, 1.82) is 0 Å². The molecule has 8 heteroatoms. The van der Waals surface area contributed by atoms with E-state index < -0.39 is 17.2 Å². The summed E-state index contributed by atoms with van der Waals surface area (Å²) >= 11 is 1.48. The lowest BCUT2D eigenvalue weighted by molar-refractivity contribution is 0.0725. The van der Waals surface area contributed by atoms with Gasteiger partial charge in [-0.1, -0.05) is 42.5 Å². The second-order valence-electron chi connectivity index (χ2n) is 6.91. The topological polar surface area (TPSA) is 86.0 Å². The second kappa shape index (κ2) is 8.93. The minimum Gasteiger partial charge on any atom is -0.328 e. The van der Waals surface area contributed by atoms with Crippen molar-refractivity contribution in [1.82, 2.24) is 14.9 Å². The fraction of sp³-hybridized carbons (Fsp3) is 0.0870. The molecule has 0 aliphatic rings. The van der Waals surface area contributed by atoms with Crippen LogP contribution in [0.25, 0.3) is 11.1 Å². The zero-order valence-corrected chi connectivity index (χ0v) is 17.1. The summed E-state index contributed by atoms with van der Waals surface area (Å²) in [5, 5.41) is 1.91. The van der Waals surface area contributed by atoms with Crippen LogP contribution in [0.4, 0.5) is 4.39 Å². The lowest BCUT2D eigenvalue weighted by Crippen LogP contribution is -2.34. The van der Waals surface area contributed by atoms with E-state index in [1.165, 1.54) is 23.5 Å². The van der Waals surface area contributed by atoms with Crippen LogP contribution in [0.2, 0.25) is 0 Å². The predicted octanol–water partition coefficient (Wildman–Crippen LogP) is 3.77. The average molecular weight is 435 g/mol. The molecule has 4 aromatic rings. The lowest BCUT2D eigenvalue weighted by atomic mass is 10.1. The zero-order valence-electron chi connectivity index (χ0n) is 16.3. The fourth-order valence-electron chi connectivity index (χ4n) is 3.28. The van der Waals surface area contributed by atoms with Crippen molar-refractivity contribution < 1.29 is 9.18 Å². The SMILES string of the molecule is O=C(c1cc(=O)[nH]c(=O)[nH]1)N(Cc1ccccc1)Cc1sccc1-c1ccc(F)cc1. The molecule has 2 aromatic carbocycles. The summed E-state index contributed by atoms with van der Waals surface area (Å²) in [6.07, 6.45) is 0. The van der Waals surface area contributed by atoms with E-state index in [0.29, 0.717) is 0 Å².